The van der Waals surface area contributed by atoms with Gasteiger partial charge in [0.2, 0.25) is 0 Å². The van der Waals surface area contributed by atoms with Crippen molar-refractivity contribution in [1.82, 2.24) is 0 Å². The topological polar surface area (TPSA) is 89.3 Å². The molecule has 1 N–H and O–H groups in total. The van der Waals surface area contributed by atoms with E-state index in [1.165, 1.54) is 12.1 Å². The smallest absolute Gasteiger partial charge is 0.293 e. The first-order chi connectivity index (χ1) is 9.77. The summed E-state index contributed by atoms with van der Waals surface area (Å²) in [5.74, 6) is 0. The molecule has 6 nitrogen and oxygen atoms in total. The maximum atomic E-state index is 11.5. The third-order valence-electron chi connectivity index (χ3n) is 2.70. The Balaban J connectivity index is 2.47. The first kappa shape index (κ1) is 15.3. The van der Waals surface area contributed by atoms with Crippen molar-refractivity contribution in [2.45, 2.75) is 4.90 Å². The number of hydrogen-bond acceptors (Lipinski definition) is 5. The largest absolute Gasteiger partial charge is 0.350 e. The lowest BCUT2D eigenvalue weighted by molar-refractivity contribution is -0.384. The first-order valence-electron chi connectivity index (χ1n) is 5.78. The van der Waals surface area contributed by atoms with Crippen LogP contribution in [0.4, 0.5) is 17.1 Å². The minimum atomic E-state index is -3.51. The van der Waals surface area contributed by atoms with Crippen molar-refractivity contribution in [3.8, 4) is 0 Å². The predicted molar refractivity (Wildman–Crippen MR) is 80.9 cm³/mol. The predicted octanol–water partition coefficient (Wildman–Crippen LogP) is 3.40. The van der Waals surface area contributed by atoms with Crippen molar-refractivity contribution < 1.29 is 13.3 Å². The Kier molecular flexibility index (Phi) is 4.15. The van der Waals surface area contributed by atoms with E-state index in [1.54, 1.807) is 24.3 Å². The van der Waals surface area contributed by atoms with Crippen LogP contribution in [-0.2, 0) is 9.84 Å². The molecule has 0 radical (unpaired) electrons. The second-order valence-electron chi connectivity index (χ2n) is 4.34. The molecule has 0 aliphatic heterocycles. The quantitative estimate of drug-likeness (QED) is 0.687. The van der Waals surface area contributed by atoms with E-state index in [0.717, 1.165) is 12.3 Å². The summed E-state index contributed by atoms with van der Waals surface area (Å²) < 4.78 is 22.9. The summed E-state index contributed by atoms with van der Waals surface area (Å²) in [7, 11) is -3.51. The minimum absolute atomic E-state index is 0.106. The Morgan fingerprint density at radius 3 is 2.48 bits per heavy atom. The average Bonchev–Trinajstić information content (AvgIpc) is 2.37. The Morgan fingerprint density at radius 2 is 1.90 bits per heavy atom. The van der Waals surface area contributed by atoms with Crippen LogP contribution < -0.4 is 5.32 Å². The van der Waals surface area contributed by atoms with Gasteiger partial charge in [0.1, 0.15) is 5.69 Å². The highest BCUT2D eigenvalue weighted by Crippen LogP contribution is 2.30. The van der Waals surface area contributed by atoms with Crippen LogP contribution in [0.3, 0.4) is 0 Å². The molecule has 2 aromatic rings. The molecule has 8 heteroatoms. The summed E-state index contributed by atoms with van der Waals surface area (Å²) in [5.41, 5.74) is 0.435. The number of halogens is 1. The van der Waals surface area contributed by atoms with E-state index >= 15 is 0 Å². The molecule has 2 aromatic carbocycles. The van der Waals surface area contributed by atoms with Gasteiger partial charge in [-0.3, -0.25) is 10.1 Å². The van der Waals surface area contributed by atoms with Crippen molar-refractivity contribution in [3.05, 3.63) is 57.6 Å². The molecular formula is C13H11ClN2O4S. The minimum Gasteiger partial charge on any atom is -0.350 e. The number of sulfone groups is 1. The van der Waals surface area contributed by atoms with E-state index < -0.39 is 14.8 Å². The molecule has 0 aliphatic carbocycles. The lowest BCUT2D eigenvalue weighted by atomic mass is 10.2. The van der Waals surface area contributed by atoms with Gasteiger partial charge in [0.05, 0.1) is 9.82 Å². The number of anilines is 2. The highest BCUT2D eigenvalue weighted by Gasteiger charge is 2.18. The van der Waals surface area contributed by atoms with E-state index in [-0.39, 0.29) is 16.3 Å². The van der Waals surface area contributed by atoms with Gasteiger partial charge < -0.3 is 5.32 Å². The van der Waals surface area contributed by atoms with E-state index in [9.17, 15) is 18.5 Å². The highest BCUT2D eigenvalue weighted by molar-refractivity contribution is 7.90. The molecular weight excluding hydrogens is 316 g/mol. The molecule has 0 atom stereocenters. The van der Waals surface area contributed by atoms with Crippen molar-refractivity contribution in [3.63, 3.8) is 0 Å². The number of nitro groups is 1. The van der Waals surface area contributed by atoms with Crippen LogP contribution in [0, 0.1) is 10.1 Å². The van der Waals surface area contributed by atoms with Crippen LogP contribution in [0.2, 0.25) is 5.02 Å². The Labute approximate surface area is 126 Å². The van der Waals surface area contributed by atoms with Crippen LogP contribution in [0.1, 0.15) is 0 Å². The molecule has 0 heterocycles. The van der Waals surface area contributed by atoms with Gasteiger partial charge in [-0.15, -0.1) is 0 Å². The summed E-state index contributed by atoms with van der Waals surface area (Å²) in [6.07, 6.45) is 0.996. The van der Waals surface area contributed by atoms with Gasteiger partial charge in [0.25, 0.3) is 5.69 Å². The fraction of sp³-hybridized carbons (Fsp3) is 0.0769. The van der Waals surface area contributed by atoms with Crippen LogP contribution in [-0.4, -0.2) is 19.6 Å². The maximum absolute atomic E-state index is 11.5. The lowest BCUT2D eigenvalue weighted by Crippen LogP contribution is -2.01. The monoisotopic (exact) mass is 326 g/mol. The van der Waals surface area contributed by atoms with Gasteiger partial charge >= 0.3 is 0 Å². The van der Waals surface area contributed by atoms with E-state index in [4.69, 9.17) is 11.6 Å². The van der Waals surface area contributed by atoms with Crippen molar-refractivity contribution in [2.75, 3.05) is 11.6 Å². The molecule has 0 saturated heterocycles. The van der Waals surface area contributed by atoms with Crippen molar-refractivity contribution >= 4 is 38.5 Å². The normalized spacial score (nSPS) is 11.1. The van der Waals surface area contributed by atoms with Crippen molar-refractivity contribution in [1.29, 1.82) is 0 Å². The van der Waals surface area contributed by atoms with Gasteiger partial charge in [0, 0.05) is 23.0 Å². The molecule has 0 bridgehead atoms. The van der Waals surface area contributed by atoms with Crippen LogP contribution >= 0.6 is 11.6 Å². The molecule has 0 amide bonds. The molecule has 0 unspecified atom stereocenters. The molecule has 0 aliphatic rings. The van der Waals surface area contributed by atoms with Crippen molar-refractivity contribution in [2.24, 2.45) is 0 Å². The zero-order valence-corrected chi connectivity index (χ0v) is 12.5. The zero-order chi connectivity index (χ0) is 15.6. The third-order valence-corrected chi connectivity index (χ3v) is 4.04. The number of hydrogen-bond donors (Lipinski definition) is 1. The number of nitro benzene ring substituents is 1. The SMILES string of the molecule is CS(=O)(=O)c1ccc(Nc2cccc(Cl)c2)c([N+](=O)[O-])c1. The number of nitrogens with one attached hydrogen (secondary N) is 1. The van der Waals surface area contributed by atoms with Gasteiger partial charge in [-0.05, 0) is 30.3 Å². The van der Waals surface area contributed by atoms with Gasteiger partial charge in [-0.2, -0.15) is 0 Å². The molecule has 0 aromatic heterocycles. The van der Waals surface area contributed by atoms with Gasteiger partial charge in [-0.1, -0.05) is 17.7 Å². The second kappa shape index (κ2) is 5.71. The summed E-state index contributed by atoms with van der Waals surface area (Å²) in [4.78, 5) is 10.4. The van der Waals surface area contributed by atoms with E-state index in [1.807, 2.05) is 0 Å². The molecule has 0 spiro atoms. The summed E-state index contributed by atoms with van der Waals surface area (Å²) >= 11 is 5.85. The second-order valence-corrected chi connectivity index (χ2v) is 6.80. The first-order valence-corrected chi connectivity index (χ1v) is 8.05. The third kappa shape index (κ3) is 3.71. The number of nitrogens with zero attached hydrogens (tertiary/aromatic N) is 1. The summed E-state index contributed by atoms with van der Waals surface area (Å²) in [6.45, 7) is 0. The van der Waals surface area contributed by atoms with Crippen LogP contribution in [0.5, 0.6) is 0 Å². The number of benzene rings is 2. The Hall–Kier alpha value is -2.12. The fourth-order valence-electron chi connectivity index (χ4n) is 1.72. The molecule has 110 valence electrons. The molecule has 2 rings (SSSR count). The Bertz CT molecular complexity index is 806. The maximum Gasteiger partial charge on any atom is 0.293 e. The number of rotatable bonds is 4. The van der Waals surface area contributed by atoms with Gasteiger partial charge in [-0.25, -0.2) is 8.42 Å². The summed E-state index contributed by atoms with van der Waals surface area (Å²) in [6, 6.07) is 10.4. The summed E-state index contributed by atoms with van der Waals surface area (Å²) in [5, 5.41) is 14.4. The molecule has 0 saturated carbocycles. The van der Waals surface area contributed by atoms with E-state index in [0.29, 0.717) is 10.7 Å². The Morgan fingerprint density at radius 1 is 1.19 bits per heavy atom. The zero-order valence-electron chi connectivity index (χ0n) is 10.9. The molecule has 0 fully saturated rings. The standard InChI is InChI=1S/C13H11ClN2O4S/c1-21(19,20)11-5-6-12(13(8-11)16(17)18)15-10-4-2-3-9(14)7-10/h2-8,15H,1H3. The van der Waals surface area contributed by atoms with Crippen LogP contribution in [0.25, 0.3) is 0 Å². The van der Waals surface area contributed by atoms with Crippen LogP contribution in [0.15, 0.2) is 47.4 Å². The molecule has 21 heavy (non-hydrogen) atoms. The lowest BCUT2D eigenvalue weighted by Gasteiger charge is -2.08. The van der Waals surface area contributed by atoms with Gasteiger partial charge in [0.15, 0.2) is 9.84 Å². The fourth-order valence-corrected chi connectivity index (χ4v) is 2.55. The average molecular weight is 327 g/mol. The van der Waals surface area contributed by atoms with E-state index in [2.05, 4.69) is 5.32 Å². The highest BCUT2D eigenvalue weighted by atomic mass is 35.5.